The molecule has 2 aromatic carbocycles. The van der Waals surface area contributed by atoms with Crippen LogP contribution in [-0.2, 0) is 0 Å². The molecule has 0 aliphatic rings. The molecule has 0 fully saturated rings. The molecule has 0 aliphatic heterocycles. The summed E-state index contributed by atoms with van der Waals surface area (Å²) >= 11 is 0. The maximum Gasteiger partial charge on any atom is 0.126 e. The predicted molar refractivity (Wildman–Crippen MR) is 68.0 cm³/mol. The number of rotatable bonds is 0. The third-order valence-electron chi connectivity index (χ3n) is 2.40. The summed E-state index contributed by atoms with van der Waals surface area (Å²) in [5.41, 5.74) is 8.59. The van der Waals surface area contributed by atoms with E-state index < -0.39 is 0 Å². The van der Waals surface area contributed by atoms with Crippen molar-refractivity contribution in [3.63, 3.8) is 0 Å². The van der Waals surface area contributed by atoms with Gasteiger partial charge in [-0.15, -0.1) is 0 Å². The highest BCUT2D eigenvalue weighted by molar-refractivity contribution is 5.49. The van der Waals surface area contributed by atoms with E-state index in [4.69, 9.17) is 5.73 Å². The lowest BCUT2D eigenvalue weighted by molar-refractivity contribution is 0.618. The first-order chi connectivity index (χ1) is 8.15. The topological polar surface area (TPSA) is 26.0 Å². The number of hydrogen-bond donors (Lipinski definition) is 1. The molecular formula is C15H12FN. The van der Waals surface area contributed by atoms with E-state index in [0.29, 0.717) is 11.3 Å². The molecule has 0 bridgehead atoms. The molecule has 0 spiro atoms. The van der Waals surface area contributed by atoms with Gasteiger partial charge in [-0.05, 0) is 48.9 Å². The molecule has 17 heavy (non-hydrogen) atoms. The van der Waals surface area contributed by atoms with Crippen LogP contribution in [0, 0.1) is 24.6 Å². The fourth-order valence-electron chi connectivity index (χ4n) is 1.48. The molecule has 84 valence electrons. The molecule has 0 aromatic heterocycles. The highest BCUT2D eigenvalue weighted by Crippen LogP contribution is 2.09. The average Bonchev–Trinajstić information content (AvgIpc) is 2.31. The lowest BCUT2D eigenvalue weighted by Gasteiger charge is -1.96. The van der Waals surface area contributed by atoms with Gasteiger partial charge in [0, 0.05) is 16.8 Å². The van der Waals surface area contributed by atoms with Crippen molar-refractivity contribution in [3.05, 3.63) is 65.0 Å². The molecule has 1 nitrogen and oxygen atoms in total. The molecule has 0 heterocycles. The van der Waals surface area contributed by atoms with Crippen molar-refractivity contribution >= 4 is 5.69 Å². The summed E-state index contributed by atoms with van der Waals surface area (Å²) in [6.07, 6.45) is 0. The van der Waals surface area contributed by atoms with E-state index in [2.05, 4.69) is 11.8 Å². The van der Waals surface area contributed by atoms with Gasteiger partial charge in [-0.3, -0.25) is 0 Å². The number of halogens is 1. The number of nitrogens with two attached hydrogens (primary N) is 1. The van der Waals surface area contributed by atoms with Crippen molar-refractivity contribution in [1.82, 2.24) is 0 Å². The second-order valence-electron chi connectivity index (χ2n) is 3.84. The van der Waals surface area contributed by atoms with Gasteiger partial charge < -0.3 is 5.73 Å². The highest BCUT2D eigenvalue weighted by Gasteiger charge is 1.96. The molecule has 0 saturated carbocycles. The zero-order chi connectivity index (χ0) is 12.3. The highest BCUT2D eigenvalue weighted by atomic mass is 19.1. The Hall–Kier alpha value is -2.27. The van der Waals surface area contributed by atoms with Crippen LogP contribution >= 0.6 is 0 Å². The van der Waals surface area contributed by atoms with Crippen LogP contribution in [0.3, 0.4) is 0 Å². The zero-order valence-electron chi connectivity index (χ0n) is 9.50. The van der Waals surface area contributed by atoms with Gasteiger partial charge in [0.25, 0.3) is 0 Å². The van der Waals surface area contributed by atoms with Gasteiger partial charge in [-0.25, -0.2) is 4.39 Å². The maximum absolute atomic E-state index is 13.1. The number of anilines is 1. The Bertz CT molecular complexity index is 606. The van der Waals surface area contributed by atoms with E-state index in [9.17, 15) is 4.39 Å². The quantitative estimate of drug-likeness (QED) is 0.541. The largest absolute Gasteiger partial charge is 0.399 e. The van der Waals surface area contributed by atoms with E-state index >= 15 is 0 Å². The van der Waals surface area contributed by atoms with Gasteiger partial charge in [0.15, 0.2) is 0 Å². The third kappa shape index (κ3) is 2.85. The summed E-state index contributed by atoms with van der Waals surface area (Å²) in [5.74, 6) is 5.77. The van der Waals surface area contributed by atoms with Crippen LogP contribution in [0.5, 0.6) is 0 Å². The summed E-state index contributed by atoms with van der Waals surface area (Å²) in [6.45, 7) is 1.72. The van der Waals surface area contributed by atoms with Crippen molar-refractivity contribution in [3.8, 4) is 11.8 Å². The first-order valence-corrected chi connectivity index (χ1v) is 5.29. The van der Waals surface area contributed by atoms with Crippen molar-refractivity contribution in [2.24, 2.45) is 0 Å². The summed E-state index contributed by atoms with van der Waals surface area (Å²) in [5, 5.41) is 0. The Labute approximate surface area is 100 Å². The van der Waals surface area contributed by atoms with Crippen LogP contribution in [0.1, 0.15) is 16.7 Å². The van der Waals surface area contributed by atoms with Crippen LogP contribution in [0.4, 0.5) is 10.1 Å². The summed E-state index contributed by atoms with van der Waals surface area (Å²) in [4.78, 5) is 0. The summed E-state index contributed by atoms with van der Waals surface area (Å²) < 4.78 is 13.1. The van der Waals surface area contributed by atoms with Gasteiger partial charge in [-0.1, -0.05) is 17.9 Å². The fourth-order valence-corrected chi connectivity index (χ4v) is 1.48. The number of benzene rings is 2. The predicted octanol–water partition coefficient (Wildman–Crippen LogP) is 3.12. The fraction of sp³-hybridized carbons (Fsp3) is 0.0667. The molecule has 0 saturated heterocycles. The molecular weight excluding hydrogens is 213 g/mol. The average molecular weight is 225 g/mol. The van der Waals surface area contributed by atoms with Crippen molar-refractivity contribution in [1.29, 1.82) is 0 Å². The molecule has 0 amide bonds. The van der Waals surface area contributed by atoms with E-state index in [-0.39, 0.29) is 5.82 Å². The van der Waals surface area contributed by atoms with Gasteiger partial charge >= 0.3 is 0 Å². The van der Waals surface area contributed by atoms with Gasteiger partial charge in [-0.2, -0.15) is 0 Å². The van der Waals surface area contributed by atoms with Crippen molar-refractivity contribution < 1.29 is 4.39 Å². The van der Waals surface area contributed by atoms with Crippen molar-refractivity contribution in [2.45, 2.75) is 6.92 Å². The molecule has 0 radical (unpaired) electrons. The second kappa shape index (κ2) is 4.71. The Kier molecular flexibility index (Phi) is 3.11. The van der Waals surface area contributed by atoms with Gasteiger partial charge in [0.1, 0.15) is 5.82 Å². The Morgan fingerprint density at radius 2 is 1.71 bits per heavy atom. The lowest BCUT2D eigenvalue weighted by atomic mass is 10.1. The SMILES string of the molecule is Cc1cc(C#Cc2cccc(N)c2)ccc1F. The Morgan fingerprint density at radius 3 is 2.35 bits per heavy atom. The first-order valence-electron chi connectivity index (χ1n) is 5.29. The molecule has 2 N–H and O–H groups in total. The first kappa shape index (κ1) is 11.2. The van der Waals surface area contributed by atoms with Crippen LogP contribution in [0.25, 0.3) is 0 Å². The minimum absolute atomic E-state index is 0.209. The summed E-state index contributed by atoms with van der Waals surface area (Å²) in [7, 11) is 0. The van der Waals surface area contributed by atoms with Gasteiger partial charge in [0.05, 0.1) is 0 Å². The minimum Gasteiger partial charge on any atom is -0.399 e. The van der Waals surface area contributed by atoms with E-state index in [1.54, 1.807) is 19.1 Å². The van der Waals surface area contributed by atoms with Crippen LogP contribution < -0.4 is 5.73 Å². The third-order valence-corrected chi connectivity index (χ3v) is 2.40. The monoisotopic (exact) mass is 225 g/mol. The molecule has 2 heteroatoms. The molecule has 0 atom stereocenters. The van der Waals surface area contributed by atoms with Crippen LogP contribution in [0.2, 0.25) is 0 Å². The maximum atomic E-state index is 13.1. The zero-order valence-corrected chi connectivity index (χ0v) is 9.50. The van der Waals surface area contributed by atoms with Gasteiger partial charge in [0.2, 0.25) is 0 Å². The Morgan fingerprint density at radius 1 is 1.00 bits per heavy atom. The van der Waals surface area contributed by atoms with Crippen molar-refractivity contribution in [2.75, 3.05) is 5.73 Å². The van der Waals surface area contributed by atoms with E-state index in [0.717, 1.165) is 11.1 Å². The smallest absolute Gasteiger partial charge is 0.126 e. The molecule has 2 rings (SSSR count). The van der Waals surface area contributed by atoms with Crippen LogP contribution in [-0.4, -0.2) is 0 Å². The standard InChI is InChI=1S/C15H12FN/c1-11-9-13(7-8-15(11)16)6-5-12-3-2-4-14(17)10-12/h2-4,7-10H,17H2,1H3. The molecule has 0 unspecified atom stereocenters. The second-order valence-corrected chi connectivity index (χ2v) is 3.84. The molecule has 2 aromatic rings. The lowest BCUT2D eigenvalue weighted by Crippen LogP contribution is -1.85. The number of nitrogen functional groups attached to an aromatic ring is 1. The van der Waals surface area contributed by atoms with E-state index in [1.807, 2.05) is 24.3 Å². The minimum atomic E-state index is -0.209. The normalized spacial score (nSPS) is 9.53. The number of hydrogen-bond acceptors (Lipinski definition) is 1. The molecule has 0 aliphatic carbocycles. The number of aryl methyl sites for hydroxylation is 1. The Balaban J connectivity index is 2.30. The van der Waals surface area contributed by atoms with Crippen LogP contribution in [0.15, 0.2) is 42.5 Å². The summed E-state index contributed by atoms with van der Waals surface area (Å²) in [6, 6.07) is 12.2. The van der Waals surface area contributed by atoms with E-state index in [1.165, 1.54) is 6.07 Å².